The van der Waals surface area contributed by atoms with E-state index in [2.05, 4.69) is 19.7 Å². The van der Waals surface area contributed by atoms with Gasteiger partial charge in [-0.25, -0.2) is 0 Å². The molecule has 0 aliphatic heterocycles. The predicted molar refractivity (Wildman–Crippen MR) is 57.0 cm³/mol. The molecule has 74 valence electrons. The zero-order valence-corrected chi connectivity index (χ0v) is 8.58. The van der Waals surface area contributed by atoms with Crippen LogP contribution in [0, 0.1) is 0 Å². The predicted octanol–water partition coefficient (Wildman–Crippen LogP) is 2.12. The van der Waals surface area contributed by atoms with E-state index in [1.807, 2.05) is 0 Å². The molecule has 4 heteroatoms. The van der Waals surface area contributed by atoms with Gasteiger partial charge in [-0.3, -0.25) is 4.57 Å². The molecular weight excluding hydrogens is 185 g/mol. The van der Waals surface area contributed by atoms with Gasteiger partial charge in [0.15, 0.2) is 0 Å². The van der Waals surface area contributed by atoms with Crippen molar-refractivity contribution in [3.05, 3.63) is 38.0 Å². The summed E-state index contributed by atoms with van der Waals surface area (Å²) >= 11 is 0. The Balaban J connectivity index is 4.49. The lowest BCUT2D eigenvalue weighted by Crippen LogP contribution is -2.20. The summed E-state index contributed by atoms with van der Waals surface area (Å²) in [4.78, 5) is 0. The average molecular weight is 201 g/mol. The molecule has 0 aromatic heterocycles. The zero-order chi connectivity index (χ0) is 10.3. The van der Waals surface area contributed by atoms with Gasteiger partial charge < -0.3 is 10.3 Å². The Bertz CT molecular complexity index is 238. The molecule has 0 saturated heterocycles. The zero-order valence-electron chi connectivity index (χ0n) is 7.69. The molecule has 0 heterocycles. The Hall–Kier alpha value is -0.630. The van der Waals surface area contributed by atoms with Gasteiger partial charge in [-0.1, -0.05) is 18.2 Å². The van der Waals surface area contributed by atoms with Crippen molar-refractivity contribution < 1.29 is 9.09 Å². The molecule has 0 aliphatic rings. The van der Waals surface area contributed by atoms with Crippen molar-refractivity contribution in [2.24, 2.45) is 5.73 Å². The lowest BCUT2D eigenvalue weighted by atomic mass is 10.6. The number of hydrogen-bond donors (Lipinski definition) is 1. The Morgan fingerprint density at radius 3 is 2.38 bits per heavy atom. The molecule has 2 unspecified atom stereocenters. The van der Waals surface area contributed by atoms with Crippen LogP contribution in [-0.2, 0) is 9.09 Å². The largest absolute Gasteiger partial charge is 0.323 e. The Morgan fingerprint density at radius 1 is 1.38 bits per heavy atom. The Kier molecular flexibility index (Phi) is 5.63. The number of nitrogens with two attached hydrogens (primary N) is 1. The SMILES string of the molecule is C=CCOP(=O)(CC=C)C(N)C=C. The molecule has 2 N–H and O–H groups in total. The molecule has 0 saturated carbocycles. The summed E-state index contributed by atoms with van der Waals surface area (Å²) in [6.07, 6.45) is 4.75. The summed E-state index contributed by atoms with van der Waals surface area (Å²) in [5, 5.41) is 0. The molecule has 0 amide bonds. The van der Waals surface area contributed by atoms with Gasteiger partial charge >= 0.3 is 0 Å². The highest BCUT2D eigenvalue weighted by molar-refractivity contribution is 7.60. The summed E-state index contributed by atoms with van der Waals surface area (Å²) in [7, 11) is -2.86. The summed E-state index contributed by atoms with van der Waals surface area (Å²) in [5.41, 5.74) is 5.59. The van der Waals surface area contributed by atoms with E-state index < -0.39 is 13.2 Å². The van der Waals surface area contributed by atoms with Crippen molar-refractivity contribution in [3.8, 4) is 0 Å². The van der Waals surface area contributed by atoms with Gasteiger partial charge in [-0.15, -0.1) is 19.7 Å². The van der Waals surface area contributed by atoms with Crippen LogP contribution in [0.4, 0.5) is 0 Å². The van der Waals surface area contributed by atoms with E-state index in [-0.39, 0.29) is 12.8 Å². The maximum atomic E-state index is 12.0. The second kappa shape index (κ2) is 5.92. The maximum absolute atomic E-state index is 12.0. The molecule has 0 fully saturated rings. The molecule has 0 aromatic rings. The van der Waals surface area contributed by atoms with E-state index in [4.69, 9.17) is 10.3 Å². The smallest absolute Gasteiger partial charge is 0.227 e. The fourth-order valence-electron chi connectivity index (χ4n) is 0.780. The van der Waals surface area contributed by atoms with Crippen molar-refractivity contribution in [3.63, 3.8) is 0 Å². The maximum Gasteiger partial charge on any atom is 0.227 e. The van der Waals surface area contributed by atoms with Crippen molar-refractivity contribution in [1.82, 2.24) is 0 Å². The van der Waals surface area contributed by atoms with Crippen molar-refractivity contribution >= 4 is 7.37 Å². The minimum atomic E-state index is -2.86. The summed E-state index contributed by atoms with van der Waals surface area (Å²) in [5.74, 6) is -0.634. The van der Waals surface area contributed by atoms with Crippen LogP contribution in [-0.4, -0.2) is 18.6 Å². The minimum absolute atomic E-state index is 0.229. The second-order valence-corrected chi connectivity index (χ2v) is 5.18. The van der Waals surface area contributed by atoms with E-state index in [9.17, 15) is 4.57 Å². The molecular formula is C9H16NO2P. The normalized spacial score (nSPS) is 17.0. The molecule has 3 nitrogen and oxygen atoms in total. The number of hydrogen-bond acceptors (Lipinski definition) is 3. The molecule has 0 spiro atoms. The fourth-order valence-corrected chi connectivity index (χ4v) is 2.34. The van der Waals surface area contributed by atoms with Crippen LogP contribution in [0.3, 0.4) is 0 Å². The van der Waals surface area contributed by atoms with Gasteiger partial charge in [0.1, 0.15) is 5.78 Å². The third-order valence-electron chi connectivity index (χ3n) is 1.49. The van der Waals surface area contributed by atoms with Crippen LogP contribution in [0.2, 0.25) is 0 Å². The Morgan fingerprint density at radius 2 is 2.00 bits per heavy atom. The van der Waals surface area contributed by atoms with Gasteiger partial charge in [0.2, 0.25) is 7.37 Å². The van der Waals surface area contributed by atoms with Crippen LogP contribution in [0.5, 0.6) is 0 Å². The molecule has 0 aliphatic carbocycles. The first-order chi connectivity index (χ1) is 6.10. The molecule has 2 atom stereocenters. The third kappa shape index (κ3) is 3.73. The van der Waals surface area contributed by atoms with Crippen LogP contribution in [0.1, 0.15) is 0 Å². The number of allylic oxidation sites excluding steroid dienone is 1. The average Bonchev–Trinajstić information content (AvgIpc) is 2.14. The summed E-state index contributed by atoms with van der Waals surface area (Å²) in [6.45, 7) is 10.7. The first kappa shape index (κ1) is 12.4. The highest BCUT2D eigenvalue weighted by Gasteiger charge is 2.27. The van der Waals surface area contributed by atoms with Crippen LogP contribution in [0.25, 0.3) is 0 Å². The van der Waals surface area contributed by atoms with Gasteiger partial charge in [0.25, 0.3) is 0 Å². The van der Waals surface area contributed by atoms with Crippen molar-refractivity contribution in [1.29, 1.82) is 0 Å². The summed E-state index contributed by atoms with van der Waals surface area (Å²) in [6, 6.07) is 0. The van der Waals surface area contributed by atoms with Gasteiger partial charge in [0.05, 0.1) is 6.61 Å². The standard InChI is InChI=1S/C9H16NO2P/c1-4-7-12-13(11,8-5-2)9(10)6-3/h4-6,9H,1-3,7-8,10H2. The topological polar surface area (TPSA) is 52.3 Å². The van der Waals surface area contributed by atoms with E-state index in [0.29, 0.717) is 0 Å². The van der Waals surface area contributed by atoms with E-state index in [0.717, 1.165) is 0 Å². The lowest BCUT2D eigenvalue weighted by Gasteiger charge is -2.20. The highest BCUT2D eigenvalue weighted by atomic mass is 31.2. The number of rotatable bonds is 7. The van der Waals surface area contributed by atoms with Crippen LogP contribution < -0.4 is 5.73 Å². The first-order valence-corrected chi connectivity index (χ1v) is 5.82. The molecule has 0 rings (SSSR count). The highest BCUT2D eigenvalue weighted by Crippen LogP contribution is 2.50. The van der Waals surface area contributed by atoms with Crippen molar-refractivity contribution in [2.45, 2.75) is 5.78 Å². The first-order valence-electron chi connectivity index (χ1n) is 3.94. The van der Waals surface area contributed by atoms with Gasteiger partial charge in [0, 0.05) is 6.16 Å². The molecule has 13 heavy (non-hydrogen) atoms. The molecule has 0 bridgehead atoms. The van der Waals surface area contributed by atoms with E-state index in [1.165, 1.54) is 18.2 Å². The Labute approximate surface area is 79.4 Å². The molecule has 0 aromatic carbocycles. The fraction of sp³-hybridized carbons (Fsp3) is 0.333. The van der Waals surface area contributed by atoms with E-state index >= 15 is 0 Å². The summed E-state index contributed by atoms with van der Waals surface area (Å²) < 4.78 is 17.1. The van der Waals surface area contributed by atoms with Crippen molar-refractivity contribution in [2.75, 3.05) is 12.8 Å². The van der Waals surface area contributed by atoms with Crippen LogP contribution in [0.15, 0.2) is 38.0 Å². The van der Waals surface area contributed by atoms with Crippen LogP contribution >= 0.6 is 7.37 Å². The second-order valence-electron chi connectivity index (χ2n) is 2.51. The monoisotopic (exact) mass is 201 g/mol. The quantitative estimate of drug-likeness (QED) is 0.507. The van der Waals surface area contributed by atoms with E-state index in [1.54, 1.807) is 0 Å². The minimum Gasteiger partial charge on any atom is -0.323 e. The molecule has 0 radical (unpaired) electrons. The lowest BCUT2D eigenvalue weighted by molar-refractivity contribution is 0.350. The third-order valence-corrected chi connectivity index (χ3v) is 3.96. The van der Waals surface area contributed by atoms with Gasteiger partial charge in [-0.2, -0.15) is 0 Å². The van der Waals surface area contributed by atoms with Gasteiger partial charge in [-0.05, 0) is 0 Å².